The van der Waals surface area contributed by atoms with Gasteiger partial charge in [0.1, 0.15) is 5.82 Å². The number of ether oxygens (including phenoxy) is 1. The Kier molecular flexibility index (Phi) is 4.21. The summed E-state index contributed by atoms with van der Waals surface area (Å²) in [5.41, 5.74) is 0.211. The van der Waals surface area contributed by atoms with Gasteiger partial charge in [-0.2, -0.15) is 0 Å². The van der Waals surface area contributed by atoms with Crippen LogP contribution in [-0.4, -0.2) is 16.7 Å². The average molecular weight is 348 g/mol. The minimum Gasteiger partial charge on any atom is -0.489 e. The maximum atomic E-state index is 13.3. The maximum absolute atomic E-state index is 13.3. The second-order valence-corrected chi connectivity index (χ2v) is 5.05. The Hall–Kier alpha value is -1.40. The van der Waals surface area contributed by atoms with Gasteiger partial charge in [0.15, 0.2) is 5.15 Å². The molecule has 0 atom stereocenters. The molecule has 0 spiro atoms. The molecule has 1 aromatic heterocycles. The van der Waals surface area contributed by atoms with Crippen molar-refractivity contribution >= 4 is 27.5 Å². The molecular formula is C12H9BrClFN2O2. The monoisotopic (exact) mass is 346 g/mol. The number of methoxy groups -OCH3 is 1. The predicted octanol–water partition coefficient (Wildman–Crippen LogP) is 2.86. The Morgan fingerprint density at radius 2 is 2.21 bits per heavy atom. The highest BCUT2D eigenvalue weighted by Gasteiger charge is 2.11. The molecule has 2 rings (SSSR count). The lowest BCUT2D eigenvalue weighted by Crippen LogP contribution is -2.22. The van der Waals surface area contributed by atoms with Gasteiger partial charge < -0.3 is 4.74 Å². The van der Waals surface area contributed by atoms with Crippen LogP contribution in [0.4, 0.5) is 4.39 Å². The van der Waals surface area contributed by atoms with Gasteiger partial charge in [0, 0.05) is 4.47 Å². The van der Waals surface area contributed by atoms with Gasteiger partial charge >= 0.3 is 0 Å². The van der Waals surface area contributed by atoms with E-state index in [-0.39, 0.29) is 23.3 Å². The van der Waals surface area contributed by atoms with Gasteiger partial charge in [-0.3, -0.25) is 9.36 Å². The van der Waals surface area contributed by atoms with Crippen LogP contribution in [0.25, 0.3) is 0 Å². The quantitative estimate of drug-likeness (QED) is 0.802. The molecule has 100 valence electrons. The van der Waals surface area contributed by atoms with Crippen molar-refractivity contribution in [3.63, 3.8) is 0 Å². The summed E-state index contributed by atoms with van der Waals surface area (Å²) < 4.78 is 20.1. The van der Waals surface area contributed by atoms with Crippen LogP contribution in [0.15, 0.2) is 33.8 Å². The van der Waals surface area contributed by atoms with Gasteiger partial charge in [-0.25, -0.2) is 9.37 Å². The van der Waals surface area contributed by atoms with E-state index < -0.39 is 5.56 Å². The molecule has 0 saturated carbocycles. The van der Waals surface area contributed by atoms with Gasteiger partial charge in [-0.1, -0.05) is 27.5 Å². The summed E-state index contributed by atoms with van der Waals surface area (Å²) in [7, 11) is 1.34. The number of halogens is 3. The summed E-state index contributed by atoms with van der Waals surface area (Å²) in [5, 5.41) is 0.00386. The molecule has 0 bridgehead atoms. The first kappa shape index (κ1) is 14.0. The molecule has 4 nitrogen and oxygen atoms in total. The summed E-state index contributed by atoms with van der Waals surface area (Å²) in [5.74, 6) is -0.411. The molecular weight excluding hydrogens is 338 g/mol. The fourth-order valence-corrected chi connectivity index (χ4v) is 2.35. The zero-order chi connectivity index (χ0) is 14.0. The molecule has 0 N–H and O–H groups in total. The molecule has 2 aromatic rings. The summed E-state index contributed by atoms with van der Waals surface area (Å²) in [6.45, 7) is 0.176. The maximum Gasteiger partial charge on any atom is 0.297 e. The van der Waals surface area contributed by atoms with E-state index in [2.05, 4.69) is 20.9 Å². The van der Waals surface area contributed by atoms with Crippen molar-refractivity contribution in [1.82, 2.24) is 9.55 Å². The smallest absolute Gasteiger partial charge is 0.297 e. The Morgan fingerprint density at radius 1 is 1.47 bits per heavy atom. The van der Waals surface area contributed by atoms with Crippen LogP contribution in [0, 0.1) is 5.82 Å². The summed E-state index contributed by atoms with van der Waals surface area (Å²) >= 11 is 8.93. The lowest BCUT2D eigenvalue weighted by molar-refractivity contribution is 0.401. The SMILES string of the molecule is COc1c(Cl)ncn(Cc2cc(F)cc(Br)c2)c1=O. The van der Waals surface area contributed by atoms with E-state index in [0.29, 0.717) is 10.0 Å². The van der Waals surface area contributed by atoms with E-state index in [4.69, 9.17) is 16.3 Å². The van der Waals surface area contributed by atoms with Crippen molar-refractivity contribution in [2.45, 2.75) is 6.54 Å². The fourth-order valence-electron chi connectivity index (χ4n) is 1.63. The van der Waals surface area contributed by atoms with E-state index in [1.165, 1.54) is 30.1 Å². The van der Waals surface area contributed by atoms with Crippen molar-refractivity contribution in [2.24, 2.45) is 0 Å². The van der Waals surface area contributed by atoms with Crippen LogP contribution in [0.2, 0.25) is 5.15 Å². The molecule has 1 heterocycles. The van der Waals surface area contributed by atoms with Crippen LogP contribution in [-0.2, 0) is 6.54 Å². The molecule has 0 fully saturated rings. The van der Waals surface area contributed by atoms with Crippen molar-refractivity contribution in [3.05, 3.63) is 55.9 Å². The Balaban J connectivity index is 2.41. The molecule has 1 aromatic carbocycles. The van der Waals surface area contributed by atoms with Gasteiger partial charge in [0.05, 0.1) is 20.0 Å². The number of aromatic nitrogens is 2. The van der Waals surface area contributed by atoms with E-state index in [0.717, 1.165) is 0 Å². The number of rotatable bonds is 3. The van der Waals surface area contributed by atoms with Crippen LogP contribution in [0.3, 0.4) is 0 Å². The highest BCUT2D eigenvalue weighted by atomic mass is 79.9. The Labute approximate surface area is 121 Å². The highest BCUT2D eigenvalue weighted by Crippen LogP contribution is 2.17. The summed E-state index contributed by atoms with van der Waals surface area (Å²) in [4.78, 5) is 15.9. The van der Waals surface area contributed by atoms with Crippen molar-refractivity contribution in [3.8, 4) is 5.75 Å². The second-order valence-electron chi connectivity index (χ2n) is 3.78. The van der Waals surface area contributed by atoms with E-state index in [1.54, 1.807) is 6.07 Å². The number of hydrogen-bond donors (Lipinski definition) is 0. The molecule has 0 aliphatic carbocycles. The number of benzene rings is 1. The lowest BCUT2D eigenvalue weighted by Gasteiger charge is -2.08. The first-order valence-corrected chi connectivity index (χ1v) is 6.42. The third kappa shape index (κ3) is 3.13. The van der Waals surface area contributed by atoms with Crippen LogP contribution < -0.4 is 10.3 Å². The Morgan fingerprint density at radius 3 is 2.84 bits per heavy atom. The van der Waals surface area contributed by atoms with Gasteiger partial charge in [-0.05, 0) is 23.8 Å². The number of hydrogen-bond acceptors (Lipinski definition) is 3. The minimum atomic E-state index is -0.414. The molecule has 0 saturated heterocycles. The van der Waals surface area contributed by atoms with E-state index in [1.807, 2.05) is 0 Å². The zero-order valence-electron chi connectivity index (χ0n) is 9.86. The average Bonchev–Trinajstić information content (AvgIpc) is 2.32. The molecule has 0 aliphatic heterocycles. The van der Waals surface area contributed by atoms with Crippen molar-refractivity contribution < 1.29 is 9.13 Å². The third-order valence-corrected chi connectivity index (χ3v) is 3.16. The van der Waals surface area contributed by atoms with Crippen molar-refractivity contribution in [2.75, 3.05) is 7.11 Å². The summed E-state index contributed by atoms with van der Waals surface area (Å²) in [6, 6.07) is 4.40. The molecule has 0 aliphatic rings. The largest absolute Gasteiger partial charge is 0.489 e. The van der Waals surface area contributed by atoms with E-state index in [9.17, 15) is 9.18 Å². The molecule has 0 unspecified atom stereocenters. The molecule has 0 amide bonds. The highest BCUT2D eigenvalue weighted by molar-refractivity contribution is 9.10. The Bertz CT molecular complexity index is 655. The van der Waals surface area contributed by atoms with Crippen LogP contribution in [0.1, 0.15) is 5.56 Å². The molecule has 0 radical (unpaired) electrons. The zero-order valence-corrected chi connectivity index (χ0v) is 12.2. The first-order valence-electron chi connectivity index (χ1n) is 5.25. The second kappa shape index (κ2) is 5.71. The first-order chi connectivity index (χ1) is 9.01. The fraction of sp³-hybridized carbons (Fsp3) is 0.167. The minimum absolute atomic E-state index is 0.00386. The van der Waals surface area contributed by atoms with E-state index >= 15 is 0 Å². The topological polar surface area (TPSA) is 44.1 Å². The molecule has 19 heavy (non-hydrogen) atoms. The van der Waals surface area contributed by atoms with Crippen molar-refractivity contribution in [1.29, 1.82) is 0 Å². The molecule has 7 heteroatoms. The van der Waals surface area contributed by atoms with Crippen LogP contribution in [0.5, 0.6) is 5.75 Å². The van der Waals surface area contributed by atoms with Gasteiger partial charge in [0.2, 0.25) is 5.75 Å². The lowest BCUT2D eigenvalue weighted by atomic mass is 10.2. The third-order valence-electron chi connectivity index (χ3n) is 2.43. The standard InChI is InChI=1S/C12H9BrClFN2O2/c1-19-10-11(14)16-6-17(12(10)18)5-7-2-8(13)4-9(15)3-7/h2-4,6H,5H2,1H3. The predicted molar refractivity (Wildman–Crippen MR) is 73.3 cm³/mol. The van der Waals surface area contributed by atoms with Gasteiger partial charge in [0.25, 0.3) is 5.56 Å². The number of nitrogens with zero attached hydrogens (tertiary/aromatic N) is 2. The summed E-state index contributed by atoms with van der Waals surface area (Å²) in [6.07, 6.45) is 1.30. The van der Waals surface area contributed by atoms with Crippen LogP contribution >= 0.6 is 27.5 Å². The normalized spacial score (nSPS) is 10.5. The van der Waals surface area contributed by atoms with Gasteiger partial charge in [-0.15, -0.1) is 0 Å².